The van der Waals surface area contributed by atoms with E-state index >= 15 is 0 Å². The van der Waals surface area contributed by atoms with Crippen molar-refractivity contribution >= 4 is 17.7 Å². The van der Waals surface area contributed by atoms with Gasteiger partial charge in [-0.05, 0) is 36.8 Å². The molecule has 0 radical (unpaired) electrons. The molecule has 1 N–H and O–H groups in total. The third kappa shape index (κ3) is 4.65. The van der Waals surface area contributed by atoms with Crippen molar-refractivity contribution in [3.05, 3.63) is 65.7 Å². The van der Waals surface area contributed by atoms with Gasteiger partial charge >= 0.3 is 12.0 Å². The molecule has 1 heterocycles. The van der Waals surface area contributed by atoms with E-state index in [1.165, 1.54) is 12.7 Å². The second-order valence-corrected chi connectivity index (χ2v) is 6.61. The van der Waals surface area contributed by atoms with Crippen molar-refractivity contribution in [1.29, 1.82) is 0 Å². The van der Waals surface area contributed by atoms with E-state index < -0.39 is 5.97 Å². The molecule has 0 saturated carbocycles. The topological polar surface area (TPSA) is 61.9 Å². The molecule has 1 atom stereocenters. The lowest BCUT2D eigenvalue weighted by Gasteiger charge is -2.38. The number of piperazine rings is 1. The minimum atomic E-state index is -0.392. The van der Waals surface area contributed by atoms with Gasteiger partial charge in [-0.2, -0.15) is 0 Å². The molecule has 0 aliphatic carbocycles. The molecule has 27 heavy (non-hydrogen) atoms. The van der Waals surface area contributed by atoms with Crippen LogP contribution in [0.2, 0.25) is 0 Å². The number of benzene rings is 2. The van der Waals surface area contributed by atoms with Crippen molar-refractivity contribution in [3.63, 3.8) is 0 Å². The maximum atomic E-state index is 12.5. The molecule has 0 spiro atoms. The first-order valence-corrected chi connectivity index (χ1v) is 9.12. The van der Waals surface area contributed by atoms with E-state index in [0.717, 1.165) is 13.1 Å². The fourth-order valence-electron chi connectivity index (χ4n) is 3.26. The van der Waals surface area contributed by atoms with Gasteiger partial charge in [0.05, 0.1) is 12.7 Å². The van der Waals surface area contributed by atoms with Crippen molar-refractivity contribution in [3.8, 4) is 0 Å². The average molecular weight is 367 g/mol. The van der Waals surface area contributed by atoms with Crippen LogP contribution in [0.1, 0.15) is 28.9 Å². The molecule has 0 bridgehead atoms. The van der Waals surface area contributed by atoms with E-state index in [1.807, 2.05) is 11.0 Å². The van der Waals surface area contributed by atoms with Crippen molar-refractivity contribution in [2.75, 3.05) is 38.6 Å². The van der Waals surface area contributed by atoms with Gasteiger partial charge in [-0.1, -0.05) is 30.3 Å². The Kier molecular flexibility index (Phi) is 6.08. The fourth-order valence-corrected chi connectivity index (χ4v) is 3.26. The molecule has 142 valence electrons. The number of nitrogens with one attached hydrogen (secondary N) is 1. The van der Waals surface area contributed by atoms with Crippen molar-refractivity contribution in [2.45, 2.75) is 13.0 Å². The zero-order valence-electron chi connectivity index (χ0n) is 15.7. The molecule has 1 unspecified atom stereocenters. The number of hydrogen-bond acceptors (Lipinski definition) is 4. The second-order valence-electron chi connectivity index (χ2n) is 6.61. The summed E-state index contributed by atoms with van der Waals surface area (Å²) in [7, 11) is 1.34. The first-order chi connectivity index (χ1) is 13.1. The van der Waals surface area contributed by atoms with Gasteiger partial charge in [-0.15, -0.1) is 0 Å². The molecule has 6 nitrogen and oxygen atoms in total. The van der Waals surface area contributed by atoms with E-state index in [0.29, 0.717) is 30.4 Å². The summed E-state index contributed by atoms with van der Waals surface area (Å²) >= 11 is 0. The Labute approximate surface area is 159 Å². The Bertz CT molecular complexity index is 769. The van der Waals surface area contributed by atoms with Gasteiger partial charge in [0.15, 0.2) is 0 Å². The predicted molar refractivity (Wildman–Crippen MR) is 105 cm³/mol. The Morgan fingerprint density at radius 1 is 0.963 bits per heavy atom. The van der Waals surface area contributed by atoms with Crippen LogP contribution in [0, 0.1) is 0 Å². The van der Waals surface area contributed by atoms with E-state index in [1.54, 1.807) is 24.3 Å². The van der Waals surface area contributed by atoms with Gasteiger partial charge in [-0.3, -0.25) is 4.90 Å². The predicted octanol–water partition coefficient (Wildman–Crippen LogP) is 3.38. The number of amides is 2. The third-order valence-electron chi connectivity index (χ3n) is 4.99. The summed E-state index contributed by atoms with van der Waals surface area (Å²) in [6, 6.07) is 17.3. The summed E-state index contributed by atoms with van der Waals surface area (Å²) in [5.41, 5.74) is 2.41. The Morgan fingerprint density at radius 2 is 1.59 bits per heavy atom. The van der Waals surface area contributed by atoms with Crippen molar-refractivity contribution in [2.24, 2.45) is 0 Å². The third-order valence-corrected chi connectivity index (χ3v) is 4.99. The van der Waals surface area contributed by atoms with Crippen LogP contribution in [0.3, 0.4) is 0 Å². The van der Waals surface area contributed by atoms with E-state index in [2.05, 4.69) is 46.1 Å². The number of anilines is 1. The van der Waals surface area contributed by atoms with Gasteiger partial charge in [0.25, 0.3) is 0 Å². The zero-order chi connectivity index (χ0) is 19.2. The SMILES string of the molecule is COC(=O)c1ccc(NC(=O)N2CCN(C(C)c3ccccc3)CC2)cc1. The smallest absolute Gasteiger partial charge is 0.337 e. The van der Waals surface area contributed by atoms with Crippen LogP contribution >= 0.6 is 0 Å². The lowest BCUT2D eigenvalue weighted by Crippen LogP contribution is -2.50. The van der Waals surface area contributed by atoms with Gasteiger partial charge in [-0.25, -0.2) is 9.59 Å². The number of rotatable bonds is 4. The molecule has 1 fully saturated rings. The highest BCUT2D eigenvalue weighted by atomic mass is 16.5. The number of urea groups is 1. The van der Waals surface area contributed by atoms with E-state index in [9.17, 15) is 9.59 Å². The monoisotopic (exact) mass is 367 g/mol. The quantitative estimate of drug-likeness (QED) is 0.842. The van der Waals surface area contributed by atoms with Crippen LogP contribution in [0.5, 0.6) is 0 Å². The minimum absolute atomic E-state index is 0.118. The van der Waals surface area contributed by atoms with Crippen molar-refractivity contribution < 1.29 is 14.3 Å². The Hall–Kier alpha value is -2.86. The Morgan fingerprint density at radius 3 is 2.19 bits per heavy atom. The molecule has 1 aliphatic rings. The molecule has 3 rings (SSSR count). The molecule has 2 aromatic carbocycles. The summed E-state index contributed by atoms with van der Waals surface area (Å²) < 4.78 is 4.67. The number of ether oxygens (including phenoxy) is 1. The Balaban J connectivity index is 1.52. The minimum Gasteiger partial charge on any atom is -0.465 e. The van der Waals surface area contributed by atoms with E-state index in [4.69, 9.17) is 0 Å². The van der Waals surface area contributed by atoms with Crippen LogP contribution in [-0.2, 0) is 4.74 Å². The number of esters is 1. The maximum absolute atomic E-state index is 12.5. The highest BCUT2D eigenvalue weighted by molar-refractivity contribution is 5.92. The molecule has 2 amide bonds. The summed E-state index contributed by atoms with van der Waals surface area (Å²) in [6.07, 6.45) is 0. The molecule has 2 aromatic rings. The summed E-state index contributed by atoms with van der Waals surface area (Å²) in [5, 5.41) is 2.89. The lowest BCUT2D eigenvalue weighted by molar-refractivity contribution is 0.0600. The molecular weight excluding hydrogens is 342 g/mol. The number of methoxy groups -OCH3 is 1. The van der Waals surface area contributed by atoms with Crippen LogP contribution in [0.15, 0.2) is 54.6 Å². The standard InChI is InChI=1S/C21H25N3O3/c1-16(17-6-4-3-5-7-17)23-12-14-24(15-13-23)21(26)22-19-10-8-18(9-11-19)20(25)27-2/h3-11,16H,12-15H2,1-2H3,(H,22,26). The number of carbonyl (C=O) groups is 2. The average Bonchev–Trinajstić information content (AvgIpc) is 2.74. The first-order valence-electron chi connectivity index (χ1n) is 9.12. The maximum Gasteiger partial charge on any atom is 0.337 e. The fraction of sp³-hybridized carbons (Fsp3) is 0.333. The molecule has 0 aromatic heterocycles. The highest BCUT2D eigenvalue weighted by Gasteiger charge is 2.24. The van der Waals surface area contributed by atoms with Gasteiger partial charge < -0.3 is 15.0 Å². The second kappa shape index (κ2) is 8.68. The number of hydrogen-bond donors (Lipinski definition) is 1. The van der Waals surface area contributed by atoms with E-state index in [-0.39, 0.29) is 6.03 Å². The highest BCUT2D eigenvalue weighted by Crippen LogP contribution is 2.21. The van der Waals surface area contributed by atoms with Gasteiger partial charge in [0.2, 0.25) is 0 Å². The lowest BCUT2D eigenvalue weighted by atomic mass is 10.1. The number of carbonyl (C=O) groups excluding carboxylic acids is 2. The van der Waals surface area contributed by atoms with Crippen LogP contribution in [0.25, 0.3) is 0 Å². The van der Waals surface area contributed by atoms with Gasteiger partial charge in [0.1, 0.15) is 0 Å². The molecule has 1 saturated heterocycles. The molecular formula is C21H25N3O3. The molecule has 1 aliphatic heterocycles. The molecule has 6 heteroatoms. The van der Waals surface area contributed by atoms with Crippen molar-refractivity contribution in [1.82, 2.24) is 9.80 Å². The zero-order valence-corrected chi connectivity index (χ0v) is 15.7. The summed E-state index contributed by atoms with van der Waals surface area (Å²) in [5.74, 6) is -0.392. The van der Waals surface area contributed by atoms with Crippen LogP contribution < -0.4 is 5.32 Å². The first kappa shape index (κ1) is 18.9. The van der Waals surface area contributed by atoms with Crippen LogP contribution in [-0.4, -0.2) is 55.1 Å². The van der Waals surface area contributed by atoms with Crippen LogP contribution in [0.4, 0.5) is 10.5 Å². The largest absolute Gasteiger partial charge is 0.465 e. The van der Waals surface area contributed by atoms with Gasteiger partial charge in [0, 0.05) is 37.9 Å². The number of nitrogens with zero attached hydrogens (tertiary/aromatic N) is 2. The summed E-state index contributed by atoms with van der Waals surface area (Å²) in [4.78, 5) is 28.2. The normalized spacial score (nSPS) is 15.9. The summed E-state index contributed by atoms with van der Waals surface area (Å²) in [6.45, 7) is 5.25.